The molecule has 30 heavy (non-hydrogen) atoms. The number of nitro groups is 1. The largest absolute Gasteiger partial charge is 0.294 e. The fourth-order valence-electron chi connectivity index (χ4n) is 4.62. The van der Waals surface area contributed by atoms with Gasteiger partial charge in [-0.25, -0.2) is 0 Å². The summed E-state index contributed by atoms with van der Waals surface area (Å²) in [7, 11) is 0. The standard InChI is InChI=1S/C25H25IN2O2/c26-17-24-15-16-25(21-7-3-1-4-8-21,22-9-5-2-6-10-22)19-27(24)18-20-11-13-23(14-12-20)28(29)30/h1-14,24H,15-19H2. The summed E-state index contributed by atoms with van der Waals surface area (Å²) in [5.74, 6) is 0. The molecule has 1 fully saturated rings. The Morgan fingerprint density at radius 2 is 1.50 bits per heavy atom. The predicted molar refractivity (Wildman–Crippen MR) is 129 cm³/mol. The average molecular weight is 512 g/mol. The van der Waals surface area contributed by atoms with Gasteiger partial charge in [-0.3, -0.25) is 15.0 Å². The predicted octanol–water partition coefficient (Wildman–Crippen LogP) is 5.98. The van der Waals surface area contributed by atoms with E-state index in [2.05, 4.69) is 88.2 Å². The van der Waals surface area contributed by atoms with E-state index in [1.807, 2.05) is 12.1 Å². The van der Waals surface area contributed by atoms with Crippen LogP contribution in [0.25, 0.3) is 0 Å². The van der Waals surface area contributed by atoms with Crippen LogP contribution in [0.2, 0.25) is 0 Å². The molecule has 3 aromatic carbocycles. The van der Waals surface area contributed by atoms with Gasteiger partial charge in [0.05, 0.1) is 4.92 Å². The molecule has 4 rings (SSSR count). The smallest absolute Gasteiger partial charge is 0.269 e. The van der Waals surface area contributed by atoms with Crippen molar-refractivity contribution in [3.8, 4) is 0 Å². The SMILES string of the molecule is O=[N+]([O-])c1ccc(CN2CC(c3ccccc3)(c3ccccc3)CCC2CI)cc1. The van der Waals surface area contributed by atoms with E-state index < -0.39 is 0 Å². The van der Waals surface area contributed by atoms with E-state index in [0.717, 1.165) is 35.9 Å². The summed E-state index contributed by atoms with van der Waals surface area (Å²) >= 11 is 2.49. The van der Waals surface area contributed by atoms with Gasteiger partial charge >= 0.3 is 0 Å². The molecule has 0 bridgehead atoms. The summed E-state index contributed by atoms with van der Waals surface area (Å²) in [5.41, 5.74) is 3.93. The van der Waals surface area contributed by atoms with Crippen LogP contribution in [0.3, 0.4) is 0 Å². The lowest BCUT2D eigenvalue weighted by atomic mass is 9.68. The molecule has 0 aliphatic carbocycles. The number of alkyl halides is 1. The zero-order valence-corrected chi connectivity index (χ0v) is 18.9. The molecule has 1 atom stereocenters. The van der Waals surface area contributed by atoms with Crippen molar-refractivity contribution in [1.82, 2.24) is 4.90 Å². The van der Waals surface area contributed by atoms with Crippen LogP contribution in [0.5, 0.6) is 0 Å². The van der Waals surface area contributed by atoms with Crippen molar-refractivity contribution in [2.45, 2.75) is 30.8 Å². The Labute approximate surface area is 191 Å². The van der Waals surface area contributed by atoms with Gasteiger partial charge in [0.2, 0.25) is 0 Å². The third-order valence-corrected chi connectivity index (χ3v) is 7.27. The molecule has 0 N–H and O–H groups in total. The molecule has 0 saturated carbocycles. The second kappa shape index (κ2) is 9.27. The van der Waals surface area contributed by atoms with Crippen LogP contribution in [0.15, 0.2) is 84.9 Å². The number of piperidine rings is 1. The quantitative estimate of drug-likeness (QED) is 0.177. The summed E-state index contributed by atoms with van der Waals surface area (Å²) in [6.45, 7) is 1.73. The maximum Gasteiger partial charge on any atom is 0.269 e. The number of nitro benzene ring substituents is 1. The van der Waals surface area contributed by atoms with Crippen LogP contribution in [-0.4, -0.2) is 26.8 Å². The first-order chi connectivity index (χ1) is 14.6. The normalized spacial score (nSPS) is 18.8. The maximum atomic E-state index is 11.0. The summed E-state index contributed by atoms with van der Waals surface area (Å²) in [6, 6.07) is 29.2. The first-order valence-electron chi connectivity index (χ1n) is 10.3. The Kier molecular flexibility index (Phi) is 6.49. The molecule has 1 aliphatic heterocycles. The van der Waals surface area contributed by atoms with E-state index >= 15 is 0 Å². The van der Waals surface area contributed by atoms with Crippen LogP contribution in [0.1, 0.15) is 29.5 Å². The Bertz CT molecular complexity index is 938. The number of halogens is 1. The molecule has 154 valence electrons. The highest BCUT2D eigenvalue weighted by Crippen LogP contribution is 2.42. The van der Waals surface area contributed by atoms with Crippen molar-refractivity contribution in [3.63, 3.8) is 0 Å². The molecule has 1 saturated heterocycles. The minimum absolute atomic E-state index is 0.0500. The van der Waals surface area contributed by atoms with E-state index in [0.29, 0.717) is 6.04 Å². The third kappa shape index (κ3) is 4.27. The van der Waals surface area contributed by atoms with Crippen molar-refractivity contribution in [3.05, 3.63) is 112 Å². The van der Waals surface area contributed by atoms with Crippen LogP contribution >= 0.6 is 22.6 Å². The fourth-order valence-corrected chi connectivity index (χ4v) is 5.62. The van der Waals surface area contributed by atoms with Gasteiger partial charge in [-0.05, 0) is 29.5 Å². The molecular formula is C25H25IN2O2. The molecule has 0 amide bonds. The highest BCUT2D eigenvalue weighted by Gasteiger charge is 2.41. The van der Waals surface area contributed by atoms with Crippen LogP contribution in [0, 0.1) is 10.1 Å². The van der Waals surface area contributed by atoms with E-state index in [4.69, 9.17) is 0 Å². The molecule has 0 spiro atoms. The number of non-ortho nitro benzene ring substituents is 1. The first-order valence-corrected chi connectivity index (χ1v) is 11.8. The Hall–Kier alpha value is -2.25. The fraction of sp³-hybridized carbons (Fsp3) is 0.280. The van der Waals surface area contributed by atoms with Gasteiger partial charge in [-0.2, -0.15) is 0 Å². The second-order valence-electron chi connectivity index (χ2n) is 7.99. The first kappa shape index (κ1) is 21.0. The van der Waals surface area contributed by atoms with Crippen molar-refractivity contribution in [2.24, 2.45) is 0 Å². The maximum absolute atomic E-state index is 11.0. The van der Waals surface area contributed by atoms with E-state index in [9.17, 15) is 10.1 Å². The van der Waals surface area contributed by atoms with Crippen LogP contribution < -0.4 is 0 Å². The number of nitrogens with zero attached hydrogens (tertiary/aromatic N) is 2. The summed E-state index contributed by atoms with van der Waals surface area (Å²) in [6.07, 6.45) is 2.24. The summed E-state index contributed by atoms with van der Waals surface area (Å²) < 4.78 is 1.07. The molecule has 3 aromatic rings. The van der Waals surface area contributed by atoms with Gasteiger partial charge in [0.15, 0.2) is 0 Å². The molecule has 1 heterocycles. The van der Waals surface area contributed by atoms with Crippen molar-refractivity contribution >= 4 is 28.3 Å². The lowest BCUT2D eigenvalue weighted by molar-refractivity contribution is -0.384. The molecule has 0 radical (unpaired) electrons. The van der Waals surface area contributed by atoms with E-state index in [-0.39, 0.29) is 16.0 Å². The molecule has 1 unspecified atom stereocenters. The van der Waals surface area contributed by atoms with Gasteiger partial charge in [0.25, 0.3) is 5.69 Å². The topological polar surface area (TPSA) is 46.4 Å². The van der Waals surface area contributed by atoms with E-state index in [1.54, 1.807) is 12.1 Å². The van der Waals surface area contributed by atoms with Gasteiger partial charge in [0, 0.05) is 41.1 Å². The average Bonchev–Trinajstić information content (AvgIpc) is 2.80. The number of hydrogen-bond donors (Lipinski definition) is 0. The van der Waals surface area contributed by atoms with Crippen molar-refractivity contribution in [2.75, 3.05) is 11.0 Å². The van der Waals surface area contributed by atoms with Gasteiger partial charge in [-0.15, -0.1) is 0 Å². The number of hydrogen-bond acceptors (Lipinski definition) is 3. The highest BCUT2D eigenvalue weighted by molar-refractivity contribution is 14.1. The minimum Gasteiger partial charge on any atom is -0.294 e. The minimum atomic E-state index is -0.339. The molecule has 0 aromatic heterocycles. The molecular weight excluding hydrogens is 487 g/mol. The van der Waals surface area contributed by atoms with E-state index in [1.165, 1.54) is 11.1 Å². The molecule has 5 heteroatoms. The number of rotatable bonds is 6. The lowest BCUT2D eigenvalue weighted by Gasteiger charge is -2.47. The van der Waals surface area contributed by atoms with Crippen LogP contribution in [-0.2, 0) is 12.0 Å². The van der Waals surface area contributed by atoms with Gasteiger partial charge < -0.3 is 0 Å². The van der Waals surface area contributed by atoms with Crippen molar-refractivity contribution < 1.29 is 4.92 Å². The summed E-state index contributed by atoms with van der Waals surface area (Å²) in [4.78, 5) is 13.2. The number of benzene rings is 3. The van der Waals surface area contributed by atoms with Gasteiger partial charge in [0.1, 0.15) is 0 Å². The Morgan fingerprint density at radius 1 is 0.933 bits per heavy atom. The van der Waals surface area contributed by atoms with Crippen LogP contribution in [0.4, 0.5) is 5.69 Å². The highest BCUT2D eigenvalue weighted by atomic mass is 127. The van der Waals surface area contributed by atoms with Crippen molar-refractivity contribution in [1.29, 1.82) is 0 Å². The third-order valence-electron chi connectivity index (χ3n) is 6.26. The second-order valence-corrected chi connectivity index (χ2v) is 8.87. The van der Waals surface area contributed by atoms with Gasteiger partial charge in [-0.1, -0.05) is 95.4 Å². The Morgan fingerprint density at radius 3 is 2.00 bits per heavy atom. The molecule has 4 nitrogen and oxygen atoms in total. The Balaban J connectivity index is 1.68. The monoisotopic (exact) mass is 512 g/mol. The summed E-state index contributed by atoms with van der Waals surface area (Å²) in [5, 5.41) is 11.0. The zero-order valence-electron chi connectivity index (χ0n) is 16.8. The lowest BCUT2D eigenvalue weighted by Crippen LogP contribution is -2.51. The number of likely N-dealkylation sites (tertiary alicyclic amines) is 1. The molecule has 1 aliphatic rings. The zero-order chi connectivity index (χ0) is 21.0.